The van der Waals surface area contributed by atoms with Crippen molar-refractivity contribution in [1.82, 2.24) is 0 Å². The Labute approximate surface area is 65.2 Å². The van der Waals surface area contributed by atoms with Gasteiger partial charge in [-0.3, -0.25) is 0 Å². The van der Waals surface area contributed by atoms with Gasteiger partial charge in [0, 0.05) is 0 Å². The van der Waals surface area contributed by atoms with Crippen molar-refractivity contribution in [2.45, 2.75) is 0 Å². The molecule has 0 atom stereocenters. The SMILES string of the molecule is COc1ccc(OC)c([O-])c1. The van der Waals surface area contributed by atoms with E-state index in [1.165, 1.54) is 20.3 Å². The number of hydrogen-bond acceptors (Lipinski definition) is 3. The minimum atomic E-state index is -0.160. The molecule has 0 N–H and O–H groups in total. The second-order valence-corrected chi connectivity index (χ2v) is 2.02. The first-order chi connectivity index (χ1) is 5.27. The van der Waals surface area contributed by atoms with Crippen LogP contribution in [-0.2, 0) is 0 Å². The average molecular weight is 153 g/mol. The average Bonchev–Trinajstić information content (AvgIpc) is 2.04. The molecule has 0 aliphatic rings. The molecule has 60 valence electrons. The van der Waals surface area contributed by atoms with Crippen LogP contribution < -0.4 is 14.6 Å². The summed E-state index contributed by atoms with van der Waals surface area (Å²) in [5, 5.41) is 11.0. The van der Waals surface area contributed by atoms with Gasteiger partial charge in [0.15, 0.2) is 0 Å². The van der Waals surface area contributed by atoms with E-state index in [4.69, 9.17) is 9.47 Å². The highest BCUT2D eigenvalue weighted by atomic mass is 16.5. The van der Waals surface area contributed by atoms with Gasteiger partial charge in [0.2, 0.25) is 0 Å². The van der Waals surface area contributed by atoms with Crippen molar-refractivity contribution in [2.75, 3.05) is 14.2 Å². The fourth-order valence-corrected chi connectivity index (χ4v) is 0.784. The first-order valence-electron chi connectivity index (χ1n) is 3.17. The normalized spacial score (nSPS) is 9.27. The van der Waals surface area contributed by atoms with Gasteiger partial charge in [-0.15, -0.1) is 0 Å². The lowest BCUT2D eigenvalue weighted by atomic mass is 10.3. The molecule has 0 saturated carbocycles. The maximum atomic E-state index is 11.0. The molecule has 1 aromatic carbocycles. The highest BCUT2D eigenvalue weighted by Crippen LogP contribution is 2.26. The largest absolute Gasteiger partial charge is 0.870 e. The molecule has 0 heterocycles. The summed E-state index contributed by atoms with van der Waals surface area (Å²) in [4.78, 5) is 0. The van der Waals surface area contributed by atoms with Crippen LogP contribution in [0, 0.1) is 0 Å². The minimum Gasteiger partial charge on any atom is -0.870 e. The number of rotatable bonds is 2. The third-order valence-corrected chi connectivity index (χ3v) is 1.37. The molecule has 3 nitrogen and oxygen atoms in total. The Morgan fingerprint density at radius 2 is 1.91 bits per heavy atom. The van der Waals surface area contributed by atoms with E-state index in [1.54, 1.807) is 12.1 Å². The molecule has 0 bridgehead atoms. The first-order valence-corrected chi connectivity index (χ1v) is 3.17. The summed E-state index contributed by atoms with van der Waals surface area (Å²) in [6.07, 6.45) is 0. The minimum absolute atomic E-state index is 0.160. The summed E-state index contributed by atoms with van der Waals surface area (Å²) in [5.74, 6) is 0.730. The Balaban J connectivity index is 2.99. The fourth-order valence-electron chi connectivity index (χ4n) is 0.784. The zero-order chi connectivity index (χ0) is 8.27. The van der Waals surface area contributed by atoms with Gasteiger partial charge in [-0.05, 0) is 18.2 Å². The van der Waals surface area contributed by atoms with Crippen LogP contribution in [0.25, 0.3) is 0 Å². The summed E-state index contributed by atoms with van der Waals surface area (Å²) >= 11 is 0. The van der Waals surface area contributed by atoms with Gasteiger partial charge in [-0.25, -0.2) is 0 Å². The quantitative estimate of drug-likeness (QED) is 0.630. The van der Waals surface area contributed by atoms with Crippen LogP contribution >= 0.6 is 0 Å². The van der Waals surface area contributed by atoms with Gasteiger partial charge >= 0.3 is 0 Å². The molecule has 1 rings (SSSR count). The standard InChI is InChI=1S/C8H10O3/c1-10-6-3-4-8(11-2)7(9)5-6/h3-5,9H,1-2H3/p-1. The number of methoxy groups -OCH3 is 2. The van der Waals surface area contributed by atoms with Crippen molar-refractivity contribution in [2.24, 2.45) is 0 Å². The van der Waals surface area contributed by atoms with Crippen LogP contribution in [0.2, 0.25) is 0 Å². The summed E-state index contributed by atoms with van der Waals surface area (Å²) < 4.78 is 9.62. The molecule has 0 spiro atoms. The highest BCUT2D eigenvalue weighted by molar-refractivity contribution is 5.43. The van der Waals surface area contributed by atoms with Crippen LogP contribution in [-0.4, -0.2) is 14.2 Å². The molecule has 0 saturated heterocycles. The Bertz CT molecular complexity index is 245. The maximum Gasteiger partial charge on any atom is 0.118 e. The van der Waals surface area contributed by atoms with Crippen LogP contribution in [0.5, 0.6) is 17.2 Å². The molecule has 0 aromatic heterocycles. The van der Waals surface area contributed by atoms with E-state index >= 15 is 0 Å². The molecule has 0 aliphatic carbocycles. The van der Waals surface area contributed by atoms with Crippen molar-refractivity contribution in [3.63, 3.8) is 0 Å². The molecule has 1 aromatic rings. The third-order valence-electron chi connectivity index (χ3n) is 1.37. The van der Waals surface area contributed by atoms with E-state index < -0.39 is 0 Å². The number of hydrogen-bond donors (Lipinski definition) is 0. The second-order valence-electron chi connectivity index (χ2n) is 2.02. The molecular formula is C8H9O3-. The molecule has 0 radical (unpaired) electrons. The van der Waals surface area contributed by atoms with E-state index in [0.717, 1.165) is 0 Å². The Hall–Kier alpha value is -1.38. The van der Waals surface area contributed by atoms with Crippen LogP contribution in [0.15, 0.2) is 18.2 Å². The van der Waals surface area contributed by atoms with Crippen LogP contribution in [0.3, 0.4) is 0 Å². The van der Waals surface area contributed by atoms with E-state index in [1.807, 2.05) is 0 Å². The van der Waals surface area contributed by atoms with E-state index in [2.05, 4.69) is 0 Å². The zero-order valence-corrected chi connectivity index (χ0v) is 6.46. The van der Waals surface area contributed by atoms with E-state index in [9.17, 15) is 5.11 Å². The van der Waals surface area contributed by atoms with Crippen molar-refractivity contribution in [3.8, 4) is 17.2 Å². The Morgan fingerprint density at radius 3 is 2.36 bits per heavy atom. The van der Waals surface area contributed by atoms with Gasteiger partial charge in [-0.2, -0.15) is 0 Å². The van der Waals surface area contributed by atoms with Gasteiger partial charge in [0.25, 0.3) is 0 Å². The smallest absolute Gasteiger partial charge is 0.118 e. The highest BCUT2D eigenvalue weighted by Gasteiger charge is 1.93. The second kappa shape index (κ2) is 3.14. The molecular weight excluding hydrogens is 144 g/mol. The van der Waals surface area contributed by atoms with Gasteiger partial charge in [-0.1, -0.05) is 5.75 Å². The van der Waals surface area contributed by atoms with Crippen molar-refractivity contribution in [1.29, 1.82) is 0 Å². The monoisotopic (exact) mass is 153 g/mol. The molecule has 0 unspecified atom stereocenters. The Kier molecular flexibility index (Phi) is 2.21. The molecule has 11 heavy (non-hydrogen) atoms. The molecule has 0 fully saturated rings. The van der Waals surface area contributed by atoms with Crippen molar-refractivity contribution in [3.05, 3.63) is 18.2 Å². The molecule has 0 aliphatic heterocycles. The lowest BCUT2D eigenvalue weighted by molar-refractivity contribution is -0.270. The molecule has 3 heteroatoms. The lowest BCUT2D eigenvalue weighted by Crippen LogP contribution is -1.95. The predicted molar refractivity (Wildman–Crippen MR) is 39.0 cm³/mol. The topological polar surface area (TPSA) is 41.5 Å². The predicted octanol–water partition coefficient (Wildman–Crippen LogP) is 0.777. The van der Waals surface area contributed by atoms with Gasteiger partial charge < -0.3 is 14.6 Å². The van der Waals surface area contributed by atoms with E-state index in [-0.39, 0.29) is 5.75 Å². The summed E-state index contributed by atoms with van der Waals surface area (Å²) in [6, 6.07) is 4.65. The number of ether oxygens (including phenoxy) is 2. The van der Waals surface area contributed by atoms with Gasteiger partial charge in [0.05, 0.1) is 14.2 Å². The summed E-state index contributed by atoms with van der Waals surface area (Å²) in [7, 11) is 2.98. The molecule has 0 amide bonds. The fraction of sp³-hybridized carbons (Fsp3) is 0.250. The zero-order valence-electron chi connectivity index (χ0n) is 6.46. The van der Waals surface area contributed by atoms with Crippen LogP contribution in [0.4, 0.5) is 0 Å². The Morgan fingerprint density at radius 1 is 1.18 bits per heavy atom. The van der Waals surface area contributed by atoms with Crippen molar-refractivity contribution >= 4 is 0 Å². The van der Waals surface area contributed by atoms with Gasteiger partial charge in [0.1, 0.15) is 11.5 Å². The third kappa shape index (κ3) is 1.55. The number of benzene rings is 1. The maximum absolute atomic E-state index is 11.0. The summed E-state index contributed by atoms with van der Waals surface area (Å²) in [5.41, 5.74) is 0. The van der Waals surface area contributed by atoms with Crippen molar-refractivity contribution < 1.29 is 14.6 Å². The van der Waals surface area contributed by atoms with Crippen LogP contribution in [0.1, 0.15) is 0 Å². The van der Waals surface area contributed by atoms with E-state index in [0.29, 0.717) is 11.5 Å². The summed E-state index contributed by atoms with van der Waals surface area (Å²) in [6.45, 7) is 0. The lowest BCUT2D eigenvalue weighted by Gasteiger charge is -2.12. The first kappa shape index (κ1) is 7.72.